The molecule has 1 aliphatic heterocycles. The number of sulfone groups is 1. The van der Waals surface area contributed by atoms with Crippen molar-refractivity contribution in [3.63, 3.8) is 0 Å². The zero-order valence-corrected chi connectivity index (χ0v) is 22.1. The van der Waals surface area contributed by atoms with Gasteiger partial charge in [-0.1, -0.05) is 34.5 Å². The van der Waals surface area contributed by atoms with Gasteiger partial charge < -0.3 is 10.3 Å². The largest absolute Gasteiger partial charge is 0.329 e. The molecule has 0 bridgehead atoms. The molecule has 11 heteroatoms. The number of likely N-dealkylation sites (N-methyl/N-ethyl adjacent to an activating group) is 1. The van der Waals surface area contributed by atoms with E-state index < -0.39 is 21.1 Å². The molecule has 0 spiro atoms. The highest BCUT2D eigenvalue weighted by molar-refractivity contribution is 9.10. The van der Waals surface area contributed by atoms with Crippen molar-refractivity contribution in [3.8, 4) is 0 Å². The molecule has 1 saturated heterocycles. The summed E-state index contributed by atoms with van der Waals surface area (Å²) in [5.74, 6) is -0.105. The van der Waals surface area contributed by atoms with Crippen molar-refractivity contribution < 1.29 is 8.42 Å². The smallest absolute Gasteiger partial charge is 0.316 e. The minimum atomic E-state index is -3.57. The SMILES string of the molecule is CCS(=O)(=O)c1ccc(Cl)cc1Cn1c(=O)[nH]c2cc(CN3CCC(NC)C3)c(Br)cc2c1=O. The lowest BCUT2D eigenvalue weighted by atomic mass is 10.1. The fraction of sp³-hybridized carbons (Fsp3) is 0.391. The summed E-state index contributed by atoms with van der Waals surface area (Å²) in [6.07, 6.45) is 1.07. The number of fused-ring (bicyclic) bond motifs is 1. The molecule has 1 fully saturated rings. The van der Waals surface area contributed by atoms with Crippen LogP contribution in [0.5, 0.6) is 0 Å². The van der Waals surface area contributed by atoms with E-state index in [1.807, 2.05) is 13.1 Å². The summed E-state index contributed by atoms with van der Waals surface area (Å²) in [4.78, 5) is 31.3. The van der Waals surface area contributed by atoms with Gasteiger partial charge in [-0.25, -0.2) is 13.2 Å². The maximum Gasteiger partial charge on any atom is 0.329 e. The van der Waals surface area contributed by atoms with E-state index in [0.29, 0.717) is 34.1 Å². The second kappa shape index (κ2) is 9.94. The number of halogens is 2. The summed E-state index contributed by atoms with van der Waals surface area (Å²) in [7, 11) is -1.61. The number of rotatable bonds is 7. The number of benzene rings is 2. The highest BCUT2D eigenvalue weighted by Crippen LogP contribution is 2.25. The average molecular weight is 570 g/mol. The number of likely N-dealkylation sites (tertiary alicyclic amines) is 1. The first-order chi connectivity index (χ1) is 16.1. The first-order valence-electron chi connectivity index (χ1n) is 11.0. The monoisotopic (exact) mass is 568 g/mol. The molecule has 34 heavy (non-hydrogen) atoms. The van der Waals surface area contributed by atoms with Gasteiger partial charge in [0.1, 0.15) is 0 Å². The molecule has 0 aliphatic carbocycles. The van der Waals surface area contributed by atoms with Gasteiger partial charge in [0, 0.05) is 35.2 Å². The molecular formula is C23H26BrClN4O4S. The van der Waals surface area contributed by atoms with E-state index in [9.17, 15) is 18.0 Å². The Balaban J connectivity index is 1.74. The standard InChI is InChI=1S/C23H26BrClN4O4S/c1-3-34(32,33)21-5-4-16(25)8-15(21)12-29-22(30)18-10-19(24)14(9-20(18)27-23(29)31)11-28-7-6-17(13-28)26-2/h4-5,8-10,17,26H,3,6-7,11-13H2,1-2H3,(H,27,31). The fourth-order valence-corrected chi connectivity index (χ4v) is 6.11. The number of nitrogens with zero attached hydrogens (tertiary/aromatic N) is 2. The van der Waals surface area contributed by atoms with Crippen molar-refractivity contribution in [1.82, 2.24) is 19.8 Å². The Hall–Kier alpha value is -1.98. The van der Waals surface area contributed by atoms with Gasteiger partial charge in [0.05, 0.1) is 28.1 Å². The van der Waals surface area contributed by atoms with Crippen LogP contribution in [0, 0.1) is 0 Å². The maximum atomic E-state index is 13.3. The molecule has 3 aromatic rings. The molecule has 0 radical (unpaired) electrons. The number of aromatic nitrogens is 2. The van der Waals surface area contributed by atoms with E-state index in [0.717, 1.165) is 34.1 Å². The van der Waals surface area contributed by atoms with Gasteiger partial charge in [0.2, 0.25) is 0 Å². The molecule has 1 aliphatic rings. The van der Waals surface area contributed by atoms with Gasteiger partial charge in [0.15, 0.2) is 9.84 Å². The minimum absolute atomic E-state index is 0.0628. The third-order valence-electron chi connectivity index (χ3n) is 6.29. The molecule has 0 saturated carbocycles. The summed E-state index contributed by atoms with van der Waals surface area (Å²) in [5.41, 5.74) is 0.610. The molecule has 1 aromatic heterocycles. The molecule has 0 amide bonds. The van der Waals surface area contributed by atoms with Gasteiger partial charge in [0.25, 0.3) is 5.56 Å². The fourth-order valence-electron chi connectivity index (χ4n) is 4.34. The van der Waals surface area contributed by atoms with Crippen LogP contribution in [0.25, 0.3) is 10.9 Å². The van der Waals surface area contributed by atoms with E-state index in [1.165, 1.54) is 18.2 Å². The van der Waals surface area contributed by atoms with Crippen LogP contribution in [0.2, 0.25) is 5.02 Å². The quantitative estimate of drug-likeness (QED) is 0.454. The van der Waals surface area contributed by atoms with E-state index in [4.69, 9.17) is 11.6 Å². The third-order valence-corrected chi connectivity index (χ3v) is 9.09. The molecule has 2 N–H and O–H groups in total. The molecule has 1 atom stereocenters. The van der Waals surface area contributed by atoms with Gasteiger partial charge in [-0.15, -0.1) is 0 Å². The Morgan fingerprint density at radius 3 is 2.62 bits per heavy atom. The average Bonchev–Trinajstić information content (AvgIpc) is 3.25. The van der Waals surface area contributed by atoms with Crippen LogP contribution in [0.4, 0.5) is 0 Å². The topological polar surface area (TPSA) is 104 Å². The lowest BCUT2D eigenvalue weighted by molar-refractivity contribution is 0.322. The van der Waals surface area contributed by atoms with E-state index in [2.05, 4.69) is 31.1 Å². The number of aromatic amines is 1. The molecule has 8 nitrogen and oxygen atoms in total. The van der Waals surface area contributed by atoms with Crippen molar-refractivity contribution in [1.29, 1.82) is 0 Å². The summed E-state index contributed by atoms with van der Waals surface area (Å²) in [5, 5.41) is 3.96. The van der Waals surface area contributed by atoms with Crippen molar-refractivity contribution in [3.05, 3.63) is 71.8 Å². The second-order valence-corrected chi connectivity index (χ2v) is 12.0. The first kappa shape index (κ1) is 25.1. The Morgan fingerprint density at radius 1 is 1.18 bits per heavy atom. The van der Waals surface area contributed by atoms with Gasteiger partial charge >= 0.3 is 5.69 Å². The molecule has 2 aromatic carbocycles. The van der Waals surface area contributed by atoms with Crippen LogP contribution in [-0.2, 0) is 22.9 Å². The van der Waals surface area contributed by atoms with Crippen molar-refractivity contribution in [2.45, 2.75) is 37.4 Å². The summed E-state index contributed by atoms with van der Waals surface area (Å²) in [6.45, 7) is 3.93. The molecule has 2 heterocycles. The molecule has 4 rings (SSSR count). The highest BCUT2D eigenvalue weighted by Gasteiger charge is 2.23. The Kier molecular flexibility index (Phi) is 7.35. The van der Waals surface area contributed by atoms with Gasteiger partial charge in [-0.3, -0.25) is 14.3 Å². The van der Waals surface area contributed by atoms with Gasteiger partial charge in [-0.2, -0.15) is 0 Å². The lowest BCUT2D eigenvalue weighted by Gasteiger charge is -2.17. The van der Waals surface area contributed by atoms with Crippen LogP contribution in [0.3, 0.4) is 0 Å². The van der Waals surface area contributed by atoms with Crippen molar-refractivity contribution >= 4 is 48.3 Å². The van der Waals surface area contributed by atoms with Gasteiger partial charge in [-0.05, 0) is 54.9 Å². The Morgan fingerprint density at radius 2 is 1.94 bits per heavy atom. The predicted molar refractivity (Wildman–Crippen MR) is 138 cm³/mol. The lowest BCUT2D eigenvalue weighted by Crippen LogP contribution is -2.36. The molecular weight excluding hydrogens is 544 g/mol. The van der Waals surface area contributed by atoms with Crippen LogP contribution < -0.4 is 16.6 Å². The van der Waals surface area contributed by atoms with Crippen LogP contribution in [0.1, 0.15) is 24.5 Å². The van der Waals surface area contributed by atoms with Crippen molar-refractivity contribution in [2.24, 2.45) is 0 Å². The normalized spacial score (nSPS) is 17.0. The van der Waals surface area contributed by atoms with Crippen LogP contribution in [0.15, 0.2) is 49.3 Å². The third kappa shape index (κ3) is 5.01. The zero-order chi connectivity index (χ0) is 24.6. The summed E-state index contributed by atoms with van der Waals surface area (Å²) >= 11 is 9.67. The van der Waals surface area contributed by atoms with Crippen LogP contribution >= 0.6 is 27.5 Å². The number of hydrogen-bond donors (Lipinski definition) is 2. The van der Waals surface area contributed by atoms with Crippen LogP contribution in [-0.4, -0.2) is 54.8 Å². The summed E-state index contributed by atoms with van der Waals surface area (Å²) < 4.78 is 26.9. The second-order valence-electron chi connectivity index (χ2n) is 8.48. The van der Waals surface area contributed by atoms with Crippen molar-refractivity contribution in [2.75, 3.05) is 25.9 Å². The first-order valence-corrected chi connectivity index (χ1v) is 13.8. The summed E-state index contributed by atoms with van der Waals surface area (Å²) in [6, 6.07) is 8.38. The molecule has 182 valence electrons. The molecule has 1 unspecified atom stereocenters. The number of nitrogens with one attached hydrogen (secondary N) is 2. The predicted octanol–water partition coefficient (Wildman–Crippen LogP) is 2.74. The zero-order valence-electron chi connectivity index (χ0n) is 18.9. The number of H-pyrrole nitrogens is 1. The van der Waals surface area contributed by atoms with E-state index >= 15 is 0 Å². The minimum Gasteiger partial charge on any atom is -0.316 e. The van der Waals surface area contributed by atoms with E-state index in [1.54, 1.807) is 13.0 Å². The number of hydrogen-bond acceptors (Lipinski definition) is 6. The maximum absolute atomic E-state index is 13.3. The Labute approximate surface area is 211 Å². The Bertz CT molecular complexity index is 1470. The highest BCUT2D eigenvalue weighted by atomic mass is 79.9. The van der Waals surface area contributed by atoms with E-state index in [-0.39, 0.29) is 17.2 Å².